The first-order chi connectivity index (χ1) is 10.7. The summed E-state index contributed by atoms with van der Waals surface area (Å²) in [6.45, 7) is 6.63. The first-order valence-corrected chi connectivity index (χ1v) is 7.29. The number of rotatable bonds is 3. The average molecular weight is 313 g/mol. The van der Waals surface area contributed by atoms with Crippen LogP contribution in [-0.4, -0.2) is 34.5 Å². The predicted molar refractivity (Wildman–Crippen MR) is 84.5 cm³/mol. The Kier molecular flexibility index (Phi) is 3.42. The molecule has 0 aliphatic rings. The number of aliphatic hydroxyl groups is 2. The molecule has 3 aromatic rings. The molecule has 0 bridgehead atoms. The largest absolute Gasteiger partial charge is 0.384 e. The van der Waals surface area contributed by atoms with Gasteiger partial charge in [-0.15, -0.1) is 0 Å². The lowest BCUT2D eigenvalue weighted by Crippen LogP contribution is -2.19. The van der Waals surface area contributed by atoms with Crippen molar-refractivity contribution >= 4 is 5.78 Å². The van der Waals surface area contributed by atoms with Crippen LogP contribution in [0.4, 0.5) is 0 Å². The monoisotopic (exact) mass is 313 g/mol. The van der Waals surface area contributed by atoms with E-state index in [0.29, 0.717) is 23.0 Å². The van der Waals surface area contributed by atoms with Crippen molar-refractivity contribution in [1.82, 2.24) is 24.3 Å². The van der Waals surface area contributed by atoms with Gasteiger partial charge in [0.1, 0.15) is 11.2 Å². The van der Waals surface area contributed by atoms with Gasteiger partial charge in [0.25, 0.3) is 0 Å². The maximum Gasteiger partial charge on any atom is 0.234 e. The molecule has 23 heavy (non-hydrogen) atoms. The van der Waals surface area contributed by atoms with Gasteiger partial charge in [-0.1, -0.05) is 0 Å². The zero-order valence-electron chi connectivity index (χ0n) is 13.5. The second-order valence-corrected chi connectivity index (χ2v) is 6.51. The highest BCUT2D eigenvalue weighted by molar-refractivity contribution is 5.58. The van der Waals surface area contributed by atoms with E-state index in [2.05, 4.69) is 19.9 Å². The van der Waals surface area contributed by atoms with Crippen LogP contribution >= 0.6 is 0 Å². The number of nitrogens with zero attached hydrogens (tertiary/aromatic N) is 5. The SMILES string of the molecule is CC(C)(O)c1ccn2c(-c3ccnc(C(C)(C)O)n3)cnc2n1. The van der Waals surface area contributed by atoms with Crippen molar-refractivity contribution in [1.29, 1.82) is 0 Å². The Morgan fingerprint density at radius 2 is 1.70 bits per heavy atom. The zero-order chi connectivity index (χ0) is 16.8. The van der Waals surface area contributed by atoms with E-state index in [9.17, 15) is 10.2 Å². The molecule has 0 atom stereocenters. The van der Waals surface area contributed by atoms with Crippen LogP contribution in [0.25, 0.3) is 17.2 Å². The Labute approximate surface area is 133 Å². The standard InChI is InChI=1S/C16H19N5O2/c1-15(2,22)12-6-8-21-11(9-18-14(21)20-12)10-5-7-17-13(19-10)16(3,4)23/h5-9,22-23H,1-4H3. The van der Waals surface area contributed by atoms with Crippen LogP contribution < -0.4 is 0 Å². The van der Waals surface area contributed by atoms with Gasteiger partial charge in [-0.2, -0.15) is 0 Å². The molecule has 7 heteroatoms. The number of aromatic nitrogens is 5. The maximum atomic E-state index is 10.1. The molecule has 3 aromatic heterocycles. The van der Waals surface area contributed by atoms with E-state index in [0.717, 1.165) is 5.69 Å². The van der Waals surface area contributed by atoms with Crippen molar-refractivity contribution in [3.63, 3.8) is 0 Å². The van der Waals surface area contributed by atoms with Crippen LogP contribution in [-0.2, 0) is 11.2 Å². The van der Waals surface area contributed by atoms with Crippen molar-refractivity contribution in [3.05, 3.63) is 42.2 Å². The van der Waals surface area contributed by atoms with E-state index >= 15 is 0 Å². The Morgan fingerprint density at radius 1 is 0.957 bits per heavy atom. The minimum Gasteiger partial charge on any atom is -0.384 e. The minimum absolute atomic E-state index is 0.339. The fourth-order valence-corrected chi connectivity index (χ4v) is 2.20. The summed E-state index contributed by atoms with van der Waals surface area (Å²) in [5, 5.41) is 20.1. The average Bonchev–Trinajstić information content (AvgIpc) is 2.88. The summed E-state index contributed by atoms with van der Waals surface area (Å²) >= 11 is 0. The lowest BCUT2D eigenvalue weighted by Gasteiger charge is -2.16. The van der Waals surface area contributed by atoms with Crippen LogP contribution in [0.3, 0.4) is 0 Å². The van der Waals surface area contributed by atoms with Gasteiger partial charge in [0.15, 0.2) is 5.82 Å². The molecular weight excluding hydrogens is 294 g/mol. The van der Waals surface area contributed by atoms with Crippen molar-refractivity contribution in [3.8, 4) is 11.4 Å². The van der Waals surface area contributed by atoms with Crippen molar-refractivity contribution in [2.75, 3.05) is 0 Å². The van der Waals surface area contributed by atoms with Gasteiger partial charge < -0.3 is 10.2 Å². The molecule has 0 fully saturated rings. The van der Waals surface area contributed by atoms with Gasteiger partial charge in [-0.25, -0.2) is 19.9 Å². The normalized spacial score (nSPS) is 12.8. The molecule has 120 valence electrons. The van der Waals surface area contributed by atoms with Crippen LogP contribution in [0.1, 0.15) is 39.2 Å². The molecular formula is C16H19N5O2. The molecule has 3 rings (SSSR count). The summed E-state index contributed by atoms with van der Waals surface area (Å²) in [7, 11) is 0. The second kappa shape index (κ2) is 5.07. The van der Waals surface area contributed by atoms with E-state index in [1.54, 1.807) is 62.8 Å². The lowest BCUT2D eigenvalue weighted by atomic mass is 10.1. The summed E-state index contributed by atoms with van der Waals surface area (Å²) in [6, 6.07) is 3.50. The second-order valence-electron chi connectivity index (χ2n) is 6.51. The molecule has 2 N–H and O–H groups in total. The summed E-state index contributed by atoms with van der Waals surface area (Å²) in [4.78, 5) is 17.2. The minimum atomic E-state index is -1.12. The van der Waals surface area contributed by atoms with Crippen molar-refractivity contribution in [2.24, 2.45) is 0 Å². The molecule has 0 saturated carbocycles. The van der Waals surface area contributed by atoms with E-state index in [-0.39, 0.29) is 0 Å². The zero-order valence-corrected chi connectivity index (χ0v) is 13.5. The van der Waals surface area contributed by atoms with E-state index < -0.39 is 11.2 Å². The summed E-state index contributed by atoms with van der Waals surface area (Å²) in [5.74, 6) is 0.814. The third kappa shape index (κ3) is 2.93. The van der Waals surface area contributed by atoms with Gasteiger partial charge >= 0.3 is 0 Å². The van der Waals surface area contributed by atoms with Gasteiger partial charge in [-0.3, -0.25) is 4.40 Å². The van der Waals surface area contributed by atoms with Crippen LogP contribution in [0.15, 0.2) is 30.7 Å². The topological polar surface area (TPSA) is 96.4 Å². The molecule has 0 aliphatic carbocycles. The fourth-order valence-electron chi connectivity index (χ4n) is 2.20. The highest BCUT2D eigenvalue weighted by Crippen LogP contribution is 2.23. The molecule has 0 saturated heterocycles. The predicted octanol–water partition coefficient (Wildman–Crippen LogP) is 1.64. The van der Waals surface area contributed by atoms with Gasteiger partial charge in [-0.05, 0) is 39.8 Å². The molecule has 3 heterocycles. The highest BCUT2D eigenvalue weighted by atomic mass is 16.3. The number of fused-ring (bicyclic) bond motifs is 1. The number of hydrogen-bond acceptors (Lipinski definition) is 6. The Balaban J connectivity index is 2.11. The Hall–Kier alpha value is -2.38. The Morgan fingerprint density at radius 3 is 2.35 bits per heavy atom. The quantitative estimate of drug-likeness (QED) is 0.763. The summed E-state index contributed by atoms with van der Waals surface area (Å²) < 4.78 is 1.78. The maximum absolute atomic E-state index is 10.1. The fraction of sp³-hybridized carbons (Fsp3) is 0.375. The van der Waals surface area contributed by atoms with Crippen LogP contribution in [0.5, 0.6) is 0 Å². The first kappa shape index (κ1) is 15.5. The number of hydrogen-bond donors (Lipinski definition) is 2. The molecule has 0 radical (unpaired) electrons. The van der Waals surface area contributed by atoms with Gasteiger partial charge in [0.05, 0.1) is 23.3 Å². The van der Waals surface area contributed by atoms with Crippen molar-refractivity contribution in [2.45, 2.75) is 38.9 Å². The van der Waals surface area contributed by atoms with E-state index in [1.165, 1.54) is 0 Å². The number of imidazole rings is 1. The van der Waals surface area contributed by atoms with Crippen LogP contribution in [0.2, 0.25) is 0 Å². The third-order valence-corrected chi connectivity index (χ3v) is 3.47. The summed E-state index contributed by atoms with van der Waals surface area (Å²) in [5.41, 5.74) is -0.230. The van der Waals surface area contributed by atoms with Gasteiger partial charge in [0.2, 0.25) is 5.78 Å². The lowest BCUT2D eigenvalue weighted by molar-refractivity contribution is 0.0687. The van der Waals surface area contributed by atoms with Gasteiger partial charge in [0, 0.05) is 12.4 Å². The first-order valence-electron chi connectivity index (χ1n) is 7.29. The molecule has 0 aromatic carbocycles. The third-order valence-electron chi connectivity index (χ3n) is 3.47. The molecule has 0 aliphatic heterocycles. The molecule has 7 nitrogen and oxygen atoms in total. The molecule has 0 amide bonds. The van der Waals surface area contributed by atoms with E-state index in [4.69, 9.17) is 0 Å². The summed E-state index contributed by atoms with van der Waals surface area (Å²) in [6.07, 6.45) is 5.06. The Bertz CT molecular complexity index is 859. The van der Waals surface area contributed by atoms with Crippen LogP contribution in [0, 0.1) is 0 Å². The molecule has 0 unspecified atom stereocenters. The molecule has 0 spiro atoms. The van der Waals surface area contributed by atoms with E-state index in [1.807, 2.05) is 0 Å². The highest BCUT2D eigenvalue weighted by Gasteiger charge is 2.22. The van der Waals surface area contributed by atoms with Crippen molar-refractivity contribution < 1.29 is 10.2 Å². The smallest absolute Gasteiger partial charge is 0.234 e.